The molecule has 0 saturated carbocycles. The lowest BCUT2D eigenvalue weighted by Gasteiger charge is -2.19. The van der Waals surface area contributed by atoms with Crippen molar-refractivity contribution in [3.8, 4) is 0 Å². The number of hydrogen-bond acceptors (Lipinski definition) is 5. The van der Waals surface area contributed by atoms with Gasteiger partial charge < -0.3 is 26.3 Å². The van der Waals surface area contributed by atoms with Gasteiger partial charge in [-0.2, -0.15) is 0 Å². The van der Waals surface area contributed by atoms with Gasteiger partial charge in [0.25, 0.3) is 0 Å². The molecule has 98 valence electrons. The Labute approximate surface area is 99.7 Å². The van der Waals surface area contributed by atoms with E-state index in [4.69, 9.17) is 10.8 Å². The van der Waals surface area contributed by atoms with Crippen LogP contribution in [0, 0.1) is 0 Å². The zero-order valence-electron chi connectivity index (χ0n) is 10.1. The highest BCUT2D eigenvalue weighted by Gasteiger charge is 2.22. The van der Waals surface area contributed by atoms with Gasteiger partial charge in [0, 0.05) is 0 Å². The molecule has 0 aliphatic carbocycles. The van der Waals surface area contributed by atoms with Crippen molar-refractivity contribution in [3.63, 3.8) is 0 Å². The van der Waals surface area contributed by atoms with Crippen molar-refractivity contribution in [1.29, 1.82) is 0 Å². The maximum Gasteiger partial charge on any atom is 0.242 e. The second-order valence-electron chi connectivity index (χ2n) is 3.93. The van der Waals surface area contributed by atoms with E-state index in [2.05, 4.69) is 10.6 Å². The standard InChI is InChI=1S/C10H19N3O4/c1-5(11)9(16)12-6(2)10(17)13-8(4-14)7(3)15/h4-8,15H,11H2,1-3H3,(H,12,16)(H,13,17). The fourth-order valence-corrected chi connectivity index (χ4v) is 0.968. The van der Waals surface area contributed by atoms with Gasteiger partial charge >= 0.3 is 0 Å². The quantitative estimate of drug-likeness (QED) is 0.399. The molecule has 5 N–H and O–H groups in total. The topological polar surface area (TPSA) is 122 Å². The van der Waals surface area contributed by atoms with E-state index in [0.717, 1.165) is 0 Å². The lowest BCUT2D eigenvalue weighted by atomic mass is 10.2. The smallest absolute Gasteiger partial charge is 0.242 e. The van der Waals surface area contributed by atoms with Crippen LogP contribution in [-0.2, 0) is 14.4 Å². The normalized spacial score (nSPS) is 17.5. The van der Waals surface area contributed by atoms with Gasteiger partial charge in [-0.25, -0.2) is 0 Å². The number of nitrogens with two attached hydrogens (primary N) is 1. The molecule has 0 aliphatic rings. The molecule has 0 aromatic carbocycles. The third-order valence-corrected chi connectivity index (χ3v) is 2.14. The van der Waals surface area contributed by atoms with E-state index < -0.39 is 36.0 Å². The molecule has 2 amide bonds. The lowest BCUT2D eigenvalue weighted by Crippen LogP contribution is -2.53. The number of aliphatic hydroxyl groups is 1. The summed E-state index contributed by atoms with van der Waals surface area (Å²) in [6.07, 6.45) is -0.560. The Bertz CT molecular complexity index is 291. The van der Waals surface area contributed by atoms with Crippen molar-refractivity contribution >= 4 is 18.1 Å². The molecule has 0 radical (unpaired) electrons. The molecule has 17 heavy (non-hydrogen) atoms. The Kier molecular flexibility index (Phi) is 6.37. The third kappa shape index (κ3) is 5.41. The van der Waals surface area contributed by atoms with Crippen LogP contribution in [0.2, 0.25) is 0 Å². The summed E-state index contributed by atoms with van der Waals surface area (Å²) in [5, 5.41) is 13.8. The molecule has 0 fully saturated rings. The molecule has 0 aromatic heterocycles. The van der Waals surface area contributed by atoms with Gasteiger partial charge in [-0.1, -0.05) is 0 Å². The zero-order chi connectivity index (χ0) is 13.6. The van der Waals surface area contributed by atoms with Crippen molar-refractivity contribution < 1.29 is 19.5 Å². The van der Waals surface area contributed by atoms with Gasteiger partial charge in [-0.3, -0.25) is 9.59 Å². The summed E-state index contributed by atoms with van der Waals surface area (Å²) in [6.45, 7) is 4.33. The summed E-state index contributed by atoms with van der Waals surface area (Å²) in [5.41, 5.74) is 5.32. The van der Waals surface area contributed by atoms with Gasteiger partial charge in [0.2, 0.25) is 11.8 Å². The number of aldehydes is 1. The molecule has 0 bridgehead atoms. The van der Waals surface area contributed by atoms with E-state index in [1.54, 1.807) is 0 Å². The van der Waals surface area contributed by atoms with E-state index in [-0.39, 0.29) is 0 Å². The zero-order valence-corrected chi connectivity index (χ0v) is 10.1. The van der Waals surface area contributed by atoms with E-state index >= 15 is 0 Å². The monoisotopic (exact) mass is 245 g/mol. The number of carbonyl (C=O) groups excluding carboxylic acids is 3. The first kappa shape index (κ1) is 15.5. The van der Waals surface area contributed by atoms with Crippen LogP contribution in [0.25, 0.3) is 0 Å². The molecular weight excluding hydrogens is 226 g/mol. The van der Waals surface area contributed by atoms with Gasteiger partial charge in [-0.15, -0.1) is 0 Å². The van der Waals surface area contributed by atoms with Crippen molar-refractivity contribution in [2.24, 2.45) is 5.73 Å². The fourth-order valence-electron chi connectivity index (χ4n) is 0.968. The number of aliphatic hydroxyl groups excluding tert-OH is 1. The predicted octanol–water partition coefficient (Wildman–Crippen LogP) is -2.10. The van der Waals surface area contributed by atoms with Crippen LogP contribution >= 0.6 is 0 Å². The second-order valence-corrected chi connectivity index (χ2v) is 3.93. The SMILES string of the molecule is CC(N)C(=O)NC(C)C(=O)NC(C=O)C(C)O. The summed E-state index contributed by atoms with van der Waals surface area (Å²) >= 11 is 0. The summed E-state index contributed by atoms with van der Waals surface area (Å²) in [4.78, 5) is 33.3. The minimum Gasteiger partial charge on any atom is -0.391 e. The lowest BCUT2D eigenvalue weighted by molar-refractivity contribution is -0.130. The fraction of sp³-hybridized carbons (Fsp3) is 0.700. The van der Waals surface area contributed by atoms with Crippen LogP contribution in [0.4, 0.5) is 0 Å². The molecule has 7 heteroatoms. The maximum absolute atomic E-state index is 11.5. The highest BCUT2D eigenvalue weighted by molar-refractivity contribution is 5.90. The number of amides is 2. The molecule has 4 unspecified atom stereocenters. The average molecular weight is 245 g/mol. The van der Waals surface area contributed by atoms with E-state index in [1.807, 2.05) is 0 Å². The second kappa shape index (κ2) is 6.97. The van der Waals surface area contributed by atoms with Crippen molar-refractivity contribution in [2.75, 3.05) is 0 Å². The van der Waals surface area contributed by atoms with Crippen LogP contribution in [0.3, 0.4) is 0 Å². The predicted molar refractivity (Wildman–Crippen MR) is 60.9 cm³/mol. The molecule has 0 saturated heterocycles. The first-order valence-corrected chi connectivity index (χ1v) is 5.29. The molecule has 0 spiro atoms. The van der Waals surface area contributed by atoms with Crippen LogP contribution in [0.5, 0.6) is 0 Å². The summed E-state index contributed by atoms with van der Waals surface area (Å²) < 4.78 is 0. The van der Waals surface area contributed by atoms with Crippen molar-refractivity contribution in [2.45, 2.75) is 45.0 Å². The highest BCUT2D eigenvalue weighted by Crippen LogP contribution is 1.91. The molecule has 4 atom stereocenters. The summed E-state index contributed by atoms with van der Waals surface area (Å²) in [5.74, 6) is -1.02. The number of carbonyl (C=O) groups is 3. The van der Waals surface area contributed by atoms with Crippen LogP contribution in [0.1, 0.15) is 20.8 Å². The van der Waals surface area contributed by atoms with Gasteiger partial charge in [0.05, 0.1) is 12.1 Å². The molecule has 0 aliphatic heterocycles. The summed E-state index contributed by atoms with van der Waals surface area (Å²) in [7, 11) is 0. The third-order valence-electron chi connectivity index (χ3n) is 2.14. The average Bonchev–Trinajstić information content (AvgIpc) is 2.24. The first-order chi connectivity index (χ1) is 7.79. The Balaban J connectivity index is 4.31. The first-order valence-electron chi connectivity index (χ1n) is 5.29. The van der Waals surface area contributed by atoms with Crippen LogP contribution in [-0.4, -0.2) is 47.4 Å². The molecule has 0 aromatic rings. The minimum absolute atomic E-state index is 0.433. The van der Waals surface area contributed by atoms with Gasteiger partial charge in [-0.05, 0) is 20.8 Å². The van der Waals surface area contributed by atoms with Crippen molar-refractivity contribution in [1.82, 2.24) is 10.6 Å². The number of nitrogens with one attached hydrogen (secondary N) is 2. The molecule has 0 heterocycles. The number of hydrogen-bond donors (Lipinski definition) is 4. The molecule has 7 nitrogen and oxygen atoms in total. The maximum atomic E-state index is 11.5. The molecule has 0 rings (SSSR count). The van der Waals surface area contributed by atoms with Crippen molar-refractivity contribution in [3.05, 3.63) is 0 Å². The van der Waals surface area contributed by atoms with E-state index in [9.17, 15) is 14.4 Å². The van der Waals surface area contributed by atoms with Gasteiger partial charge in [0.15, 0.2) is 0 Å². The highest BCUT2D eigenvalue weighted by atomic mass is 16.3. The van der Waals surface area contributed by atoms with E-state index in [1.165, 1.54) is 20.8 Å². The van der Waals surface area contributed by atoms with Gasteiger partial charge in [0.1, 0.15) is 18.4 Å². The molecular formula is C10H19N3O4. The Morgan fingerprint density at radius 3 is 2.06 bits per heavy atom. The largest absolute Gasteiger partial charge is 0.391 e. The minimum atomic E-state index is -0.993. The Morgan fingerprint density at radius 1 is 1.18 bits per heavy atom. The summed E-state index contributed by atoms with van der Waals surface area (Å²) in [6, 6.07) is -2.53. The Morgan fingerprint density at radius 2 is 1.71 bits per heavy atom. The van der Waals surface area contributed by atoms with Crippen LogP contribution < -0.4 is 16.4 Å². The number of rotatable bonds is 6. The van der Waals surface area contributed by atoms with E-state index in [0.29, 0.717) is 6.29 Å². The van der Waals surface area contributed by atoms with Crippen LogP contribution in [0.15, 0.2) is 0 Å². The Hall–Kier alpha value is -1.47.